The van der Waals surface area contributed by atoms with Crippen LogP contribution in [0.1, 0.15) is 5.69 Å². The van der Waals surface area contributed by atoms with Gasteiger partial charge in [-0.15, -0.1) is 0 Å². The molecule has 0 atom stereocenters. The van der Waals surface area contributed by atoms with Crippen LogP contribution in [0.2, 0.25) is 0 Å². The highest BCUT2D eigenvalue weighted by Gasteiger charge is 2.14. The summed E-state index contributed by atoms with van der Waals surface area (Å²) in [6.07, 6.45) is 1.63. The number of aryl methyl sites for hydroxylation is 1. The summed E-state index contributed by atoms with van der Waals surface area (Å²) in [5.74, 6) is 1.23. The molecular formula is C12H11N3O. The van der Waals surface area contributed by atoms with E-state index in [4.69, 9.17) is 10.2 Å². The summed E-state index contributed by atoms with van der Waals surface area (Å²) in [6, 6.07) is 9.62. The van der Waals surface area contributed by atoms with Gasteiger partial charge in [0, 0.05) is 5.69 Å². The Kier molecular flexibility index (Phi) is 1.77. The molecule has 3 aromatic rings. The van der Waals surface area contributed by atoms with Crippen LogP contribution in [0.5, 0.6) is 0 Å². The Bertz CT molecular complexity index is 638. The van der Waals surface area contributed by atoms with Crippen LogP contribution in [0.4, 0.5) is 5.82 Å². The summed E-state index contributed by atoms with van der Waals surface area (Å²) >= 11 is 0. The molecule has 4 heteroatoms. The SMILES string of the molecule is Cc1cccc2nc(N)c(-c3ccco3)n12. The smallest absolute Gasteiger partial charge is 0.154 e. The highest BCUT2D eigenvalue weighted by atomic mass is 16.3. The van der Waals surface area contributed by atoms with E-state index in [-0.39, 0.29) is 0 Å². The molecule has 0 spiro atoms. The van der Waals surface area contributed by atoms with Crippen molar-refractivity contribution >= 4 is 11.5 Å². The van der Waals surface area contributed by atoms with Crippen LogP contribution in [0.3, 0.4) is 0 Å². The Hall–Kier alpha value is -2.23. The summed E-state index contributed by atoms with van der Waals surface area (Å²) in [4.78, 5) is 4.31. The number of pyridine rings is 1. The fraction of sp³-hybridized carbons (Fsp3) is 0.0833. The first-order chi connectivity index (χ1) is 7.77. The minimum Gasteiger partial charge on any atom is -0.463 e. The van der Waals surface area contributed by atoms with Crippen LogP contribution < -0.4 is 5.73 Å². The van der Waals surface area contributed by atoms with Gasteiger partial charge >= 0.3 is 0 Å². The Morgan fingerprint density at radius 1 is 1.25 bits per heavy atom. The van der Waals surface area contributed by atoms with Crippen molar-refractivity contribution in [3.05, 3.63) is 42.3 Å². The zero-order chi connectivity index (χ0) is 11.1. The van der Waals surface area contributed by atoms with E-state index in [9.17, 15) is 0 Å². The minimum atomic E-state index is 0.490. The largest absolute Gasteiger partial charge is 0.463 e. The van der Waals surface area contributed by atoms with E-state index >= 15 is 0 Å². The quantitative estimate of drug-likeness (QED) is 0.675. The van der Waals surface area contributed by atoms with Crippen molar-refractivity contribution in [2.75, 3.05) is 5.73 Å². The molecule has 4 nitrogen and oxygen atoms in total. The molecule has 0 saturated carbocycles. The summed E-state index contributed by atoms with van der Waals surface area (Å²) in [5, 5.41) is 0. The fourth-order valence-electron chi connectivity index (χ4n) is 1.92. The number of aromatic nitrogens is 2. The monoisotopic (exact) mass is 213 g/mol. The standard InChI is InChI=1S/C12H11N3O/c1-8-4-2-6-10-14-12(13)11(15(8)10)9-5-3-7-16-9/h2-7H,13H2,1H3. The zero-order valence-electron chi connectivity index (χ0n) is 8.84. The lowest BCUT2D eigenvalue weighted by Crippen LogP contribution is -1.94. The molecular weight excluding hydrogens is 202 g/mol. The first kappa shape index (κ1) is 9.03. The molecule has 0 aliphatic rings. The van der Waals surface area contributed by atoms with Gasteiger partial charge in [-0.2, -0.15) is 0 Å². The van der Waals surface area contributed by atoms with E-state index in [0.717, 1.165) is 22.8 Å². The molecule has 0 bridgehead atoms. The predicted molar refractivity (Wildman–Crippen MR) is 62.0 cm³/mol. The maximum Gasteiger partial charge on any atom is 0.154 e. The highest BCUT2D eigenvalue weighted by Crippen LogP contribution is 2.28. The summed E-state index contributed by atoms with van der Waals surface area (Å²) in [7, 11) is 0. The molecule has 0 radical (unpaired) electrons. The lowest BCUT2D eigenvalue weighted by molar-refractivity contribution is 0.579. The molecule has 0 aromatic carbocycles. The number of hydrogen-bond acceptors (Lipinski definition) is 3. The number of rotatable bonds is 1. The maximum absolute atomic E-state index is 5.92. The molecule has 0 saturated heterocycles. The molecule has 0 fully saturated rings. The first-order valence-electron chi connectivity index (χ1n) is 5.05. The van der Waals surface area contributed by atoms with Gasteiger partial charge in [-0.25, -0.2) is 4.98 Å². The topological polar surface area (TPSA) is 56.5 Å². The Balaban J connectivity index is 2.44. The van der Waals surface area contributed by atoms with E-state index in [0.29, 0.717) is 5.82 Å². The molecule has 3 aromatic heterocycles. The molecule has 3 rings (SSSR count). The van der Waals surface area contributed by atoms with Crippen molar-refractivity contribution < 1.29 is 4.42 Å². The Morgan fingerprint density at radius 3 is 2.88 bits per heavy atom. The second kappa shape index (κ2) is 3.13. The average molecular weight is 213 g/mol. The fourth-order valence-corrected chi connectivity index (χ4v) is 1.92. The van der Waals surface area contributed by atoms with Crippen molar-refractivity contribution in [2.24, 2.45) is 0 Å². The Labute approximate surface area is 92.3 Å². The number of nitrogens with two attached hydrogens (primary N) is 1. The zero-order valence-corrected chi connectivity index (χ0v) is 8.84. The van der Waals surface area contributed by atoms with Crippen LogP contribution in [0.15, 0.2) is 41.0 Å². The van der Waals surface area contributed by atoms with Crippen molar-refractivity contribution in [2.45, 2.75) is 6.92 Å². The number of imidazole rings is 1. The highest BCUT2D eigenvalue weighted by molar-refractivity contribution is 5.72. The van der Waals surface area contributed by atoms with Crippen molar-refractivity contribution in [3.8, 4) is 11.5 Å². The van der Waals surface area contributed by atoms with Gasteiger partial charge in [-0.05, 0) is 31.2 Å². The van der Waals surface area contributed by atoms with Crippen molar-refractivity contribution in [1.29, 1.82) is 0 Å². The van der Waals surface area contributed by atoms with Gasteiger partial charge in [0.05, 0.1) is 6.26 Å². The van der Waals surface area contributed by atoms with Crippen LogP contribution in [-0.2, 0) is 0 Å². The van der Waals surface area contributed by atoms with Crippen LogP contribution >= 0.6 is 0 Å². The number of nitrogen functional groups attached to an aromatic ring is 1. The number of fused-ring (bicyclic) bond motifs is 1. The second-order valence-corrected chi connectivity index (χ2v) is 3.68. The maximum atomic E-state index is 5.92. The van der Waals surface area contributed by atoms with Gasteiger partial charge in [0.15, 0.2) is 11.6 Å². The third kappa shape index (κ3) is 1.13. The molecule has 0 aliphatic heterocycles. The van der Waals surface area contributed by atoms with Crippen molar-refractivity contribution in [3.63, 3.8) is 0 Å². The lowest BCUT2D eigenvalue weighted by atomic mass is 10.3. The van der Waals surface area contributed by atoms with Gasteiger partial charge < -0.3 is 10.2 Å². The van der Waals surface area contributed by atoms with E-state index in [1.54, 1.807) is 6.26 Å². The molecule has 16 heavy (non-hydrogen) atoms. The molecule has 0 unspecified atom stereocenters. The number of anilines is 1. The van der Waals surface area contributed by atoms with Gasteiger partial charge in [0.25, 0.3) is 0 Å². The van der Waals surface area contributed by atoms with Crippen molar-refractivity contribution in [1.82, 2.24) is 9.38 Å². The molecule has 80 valence electrons. The Morgan fingerprint density at radius 2 is 2.12 bits per heavy atom. The van der Waals surface area contributed by atoms with Gasteiger partial charge in [-0.3, -0.25) is 4.40 Å². The minimum absolute atomic E-state index is 0.490. The van der Waals surface area contributed by atoms with E-state index < -0.39 is 0 Å². The number of hydrogen-bond donors (Lipinski definition) is 1. The molecule has 0 aliphatic carbocycles. The molecule has 3 heterocycles. The number of nitrogens with zero attached hydrogens (tertiary/aromatic N) is 2. The summed E-state index contributed by atoms with van der Waals surface area (Å²) < 4.78 is 7.38. The van der Waals surface area contributed by atoms with E-state index in [2.05, 4.69) is 4.98 Å². The lowest BCUT2D eigenvalue weighted by Gasteiger charge is -2.02. The third-order valence-corrected chi connectivity index (χ3v) is 2.62. The van der Waals surface area contributed by atoms with Crippen LogP contribution in [0.25, 0.3) is 17.1 Å². The predicted octanol–water partition coefficient (Wildman–Crippen LogP) is 2.48. The van der Waals surface area contributed by atoms with E-state index in [1.165, 1.54) is 0 Å². The van der Waals surface area contributed by atoms with Crippen LogP contribution in [-0.4, -0.2) is 9.38 Å². The normalized spacial score (nSPS) is 11.1. The van der Waals surface area contributed by atoms with Gasteiger partial charge in [0.2, 0.25) is 0 Å². The van der Waals surface area contributed by atoms with Gasteiger partial charge in [0.1, 0.15) is 11.3 Å². The van der Waals surface area contributed by atoms with Crippen LogP contribution in [0, 0.1) is 6.92 Å². The third-order valence-electron chi connectivity index (χ3n) is 2.62. The summed E-state index contributed by atoms with van der Waals surface area (Å²) in [5.41, 5.74) is 8.65. The van der Waals surface area contributed by atoms with E-state index in [1.807, 2.05) is 41.7 Å². The average Bonchev–Trinajstić information content (AvgIpc) is 2.84. The molecule has 2 N–H and O–H groups in total. The number of furan rings is 1. The second-order valence-electron chi connectivity index (χ2n) is 3.68. The summed E-state index contributed by atoms with van der Waals surface area (Å²) in [6.45, 7) is 2.01. The first-order valence-corrected chi connectivity index (χ1v) is 5.05. The molecule has 0 amide bonds. The van der Waals surface area contributed by atoms with Gasteiger partial charge in [-0.1, -0.05) is 6.07 Å².